The molecule has 0 amide bonds. The fraction of sp³-hybridized carbons (Fsp3) is 0.333. The Hall–Kier alpha value is -1.03. The molecule has 1 saturated heterocycles. The van der Waals surface area contributed by atoms with Gasteiger partial charge in [0, 0.05) is 0 Å². The van der Waals surface area contributed by atoms with E-state index in [-0.39, 0.29) is 0 Å². The Bertz CT molecular complexity index is 653. The summed E-state index contributed by atoms with van der Waals surface area (Å²) in [6, 6.07) is 21.0. The molecule has 3 rings (SSSR count). The summed E-state index contributed by atoms with van der Waals surface area (Å²) in [5.41, 5.74) is 1.28. The van der Waals surface area contributed by atoms with Gasteiger partial charge in [0.25, 0.3) is 0 Å². The molecule has 0 bridgehead atoms. The summed E-state index contributed by atoms with van der Waals surface area (Å²) in [6.07, 6.45) is 0. The van der Waals surface area contributed by atoms with Gasteiger partial charge in [0.1, 0.15) is 12.7 Å². The van der Waals surface area contributed by atoms with Crippen molar-refractivity contribution < 1.29 is 14.0 Å². The quantitative estimate of drug-likeness (QED) is 0.792. The Morgan fingerprint density at radius 3 is 1.58 bits per heavy atom. The van der Waals surface area contributed by atoms with Gasteiger partial charge in [0.15, 0.2) is 0 Å². The number of hydrogen-bond acceptors (Lipinski definition) is 3. The van der Waals surface area contributed by atoms with Crippen LogP contribution in [-0.4, -0.2) is 32.6 Å². The van der Waals surface area contributed by atoms with Crippen LogP contribution in [0.5, 0.6) is 0 Å². The summed E-state index contributed by atoms with van der Waals surface area (Å²) >= 11 is 0. The third-order valence-corrected chi connectivity index (χ3v) is 37.9. The van der Waals surface area contributed by atoms with E-state index in [0.29, 0.717) is 0 Å². The molecule has 1 aliphatic heterocycles. The van der Waals surface area contributed by atoms with Gasteiger partial charge >= 0.3 is 8.32 Å². The van der Waals surface area contributed by atoms with Crippen molar-refractivity contribution in [2.45, 2.75) is 37.8 Å². The molecule has 128 valence electrons. The lowest BCUT2D eigenvalue weighted by Crippen LogP contribution is -2.80. The van der Waals surface area contributed by atoms with E-state index < -0.39 is 28.6 Å². The van der Waals surface area contributed by atoms with Crippen LogP contribution in [0.15, 0.2) is 60.7 Å². The fourth-order valence-corrected chi connectivity index (χ4v) is 23.0. The summed E-state index contributed by atoms with van der Waals surface area (Å²) in [5.74, 6) is 0. The van der Waals surface area contributed by atoms with Crippen LogP contribution in [0, 0.1) is 0 Å². The number of rotatable bonds is 2. The molecular formula is C18H26O3Si3. The van der Waals surface area contributed by atoms with E-state index in [9.17, 15) is 9.59 Å². The van der Waals surface area contributed by atoms with Crippen LogP contribution < -0.4 is 0 Å². The average molecular weight is 375 g/mol. The van der Waals surface area contributed by atoms with Crippen molar-refractivity contribution in [1.82, 2.24) is 0 Å². The molecule has 0 saturated carbocycles. The highest BCUT2D eigenvalue weighted by atomic mass is 29.7. The third kappa shape index (κ3) is 2.58. The van der Waals surface area contributed by atoms with Crippen molar-refractivity contribution >= 4 is 23.0 Å². The molecule has 0 spiro atoms. The molecule has 1 heterocycles. The first kappa shape index (κ1) is 17.8. The first-order valence-corrected chi connectivity index (χ1v) is 18.4. The second kappa shape index (κ2) is 5.76. The van der Waals surface area contributed by atoms with Crippen LogP contribution in [0.3, 0.4) is 0 Å². The minimum atomic E-state index is -3.75. The predicted molar refractivity (Wildman–Crippen MR) is 105 cm³/mol. The lowest BCUT2D eigenvalue weighted by Gasteiger charge is -2.56. The minimum Gasteiger partial charge on any atom is -0.393 e. The van der Waals surface area contributed by atoms with E-state index in [1.807, 2.05) is 60.7 Å². The van der Waals surface area contributed by atoms with Gasteiger partial charge in [-0.25, -0.2) is 0 Å². The van der Waals surface area contributed by atoms with Gasteiger partial charge in [0.05, 0.1) is 7.59 Å². The van der Waals surface area contributed by atoms with E-state index >= 15 is 0 Å². The van der Waals surface area contributed by atoms with Crippen LogP contribution in [0.2, 0.25) is 32.2 Å². The van der Waals surface area contributed by atoms with Gasteiger partial charge in [-0.15, -0.1) is 0 Å². The van der Waals surface area contributed by atoms with Crippen LogP contribution >= 0.6 is 0 Å². The molecule has 0 aliphatic carbocycles. The maximum absolute atomic E-state index is 11.1. The summed E-state index contributed by atoms with van der Waals surface area (Å²) in [7, 11) is -7.87. The zero-order valence-electron chi connectivity index (χ0n) is 14.8. The summed E-state index contributed by atoms with van der Waals surface area (Å²) < 4.78 is 6.33. The van der Waals surface area contributed by atoms with Gasteiger partial charge in [-0.05, 0) is 17.2 Å². The van der Waals surface area contributed by atoms with Crippen molar-refractivity contribution in [2.75, 3.05) is 0 Å². The predicted octanol–water partition coefficient (Wildman–Crippen LogP) is 3.46. The zero-order valence-corrected chi connectivity index (χ0v) is 17.8. The highest BCUT2D eigenvalue weighted by Gasteiger charge is 2.69. The smallest absolute Gasteiger partial charge is 0.393 e. The van der Waals surface area contributed by atoms with Crippen molar-refractivity contribution in [3.8, 4) is 0 Å². The summed E-state index contributed by atoms with van der Waals surface area (Å²) in [5, 5.41) is 0. The van der Waals surface area contributed by atoms with Gasteiger partial charge in [-0.2, -0.15) is 0 Å². The van der Waals surface area contributed by atoms with Gasteiger partial charge in [-0.1, -0.05) is 86.9 Å². The Morgan fingerprint density at radius 2 is 1.21 bits per heavy atom. The molecular weight excluding hydrogens is 348 g/mol. The molecule has 0 radical (unpaired) electrons. The van der Waals surface area contributed by atoms with E-state index in [4.69, 9.17) is 4.43 Å². The Kier molecular flexibility index (Phi) is 4.26. The topological polar surface area (TPSA) is 49.7 Å². The Balaban J connectivity index is 2.25. The van der Waals surface area contributed by atoms with Gasteiger partial charge in [-0.3, -0.25) is 0 Å². The first-order valence-electron chi connectivity index (χ1n) is 8.38. The Labute approximate surface area is 146 Å². The lowest BCUT2D eigenvalue weighted by atomic mass is 9.88. The van der Waals surface area contributed by atoms with Crippen LogP contribution in [0.1, 0.15) is 11.1 Å². The van der Waals surface area contributed by atoms with Crippen LogP contribution in [0.4, 0.5) is 0 Å². The van der Waals surface area contributed by atoms with Crippen LogP contribution in [0.25, 0.3) is 0 Å². The molecule has 1 aliphatic rings. The maximum Gasteiger partial charge on any atom is 0.462 e. The lowest BCUT2D eigenvalue weighted by molar-refractivity contribution is 0.0494. The highest BCUT2D eigenvalue weighted by Crippen LogP contribution is 2.50. The summed E-state index contributed by atoms with van der Waals surface area (Å²) in [6.45, 7) is 8.81. The van der Waals surface area contributed by atoms with Crippen molar-refractivity contribution in [2.24, 2.45) is 0 Å². The maximum atomic E-state index is 11.1. The highest BCUT2D eigenvalue weighted by molar-refractivity contribution is 7.65. The fourth-order valence-electron chi connectivity index (χ4n) is 3.59. The first-order chi connectivity index (χ1) is 11.1. The second-order valence-corrected chi connectivity index (χ2v) is 31.8. The monoisotopic (exact) mass is 374 g/mol. The molecule has 0 unspecified atom stereocenters. The van der Waals surface area contributed by atoms with Crippen LogP contribution in [-0.2, 0) is 10.0 Å². The molecule has 24 heavy (non-hydrogen) atoms. The van der Waals surface area contributed by atoms with E-state index in [1.54, 1.807) is 0 Å². The Morgan fingerprint density at radius 1 is 0.792 bits per heavy atom. The normalized spacial score (nSPS) is 23.6. The number of hydrogen-bond donors (Lipinski definition) is 2. The SMILES string of the molecule is C[Si]1(C)CC(c2ccccc2)(c2ccccc2)O[Si](O)(O)[Si]1(C)C. The molecule has 2 aromatic carbocycles. The standard InChI is InChI=1S/C18H26O3Si3/c1-22(2)15-18(16-11-7-5-8-12-16,17-13-9-6-10-14-17)21-24(19,20)23(22,3)4/h5-14,19-20H,15H2,1-4H3. The molecule has 0 aromatic heterocycles. The molecule has 1 fully saturated rings. The third-order valence-electron chi connectivity index (χ3n) is 5.99. The number of benzene rings is 2. The molecule has 2 N–H and O–H groups in total. The average Bonchev–Trinajstić information content (AvgIpc) is 2.54. The largest absolute Gasteiger partial charge is 0.462 e. The summed E-state index contributed by atoms with van der Waals surface area (Å²) in [4.78, 5) is 22.1. The molecule has 3 nitrogen and oxygen atoms in total. The van der Waals surface area contributed by atoms with Gasteiger partial charge in [0.2, 0.25) is 0 Å². The van der Waals surface area contributed by atoms with Gasteiger partial charge < -0.3 is 14.0 Å². The molecule has 6 heteroatoms. The van der Waals surface area contributed by atoms with E-state index in [2.05, 4.69) is 26.2 Å². The molecule has 2 aromatic rings. The van der Waals surface area contributed by atoms with Crippen molar-refractivity contribution in [3.05, 3.63) is 71.8 Å². The zero-order chi connectivity index (χ0) is 17.6. The van der Waals surface area contributed by atoms with E-state index in [0.717, 1.165) is 17.2 Å². The minimum absolute atomic E-state index is 0.753. The van der Waals surface area contributed by atoms with Crippen molar-refractivity contribution in [1.29, 1.82) is 0 Å². The molecule has 0 atom stereocenters. The van der Waals surface area contributed by atoms with E-state index in [1.165, 1.54) is 0 Å². The second-order valence-electron chi connectivity index (χ2n) is 7.96. The van der Waals surface area contributed by atoms with Crippen molar-refractivity contribution in [3.63, 3.8) is 0 Å².